The third-order valence-corrected chi connectivity index (χ3v) is 4.56. The van der Waals surface area contributed by atoms with Crippen LogP contribution in [-0.4, -0.2) is 37.4 Å². The van der Waals surface area contributed by atoms with Crippen LogP contribution in [0.2, 0.25) is 0 Å². The van der Waals surface area contributed by atoms with E-state index in [0.717, 1.165) is 10.6 Å². The summed E-state index contributed by atoms with van der Waals surface area (Å²) in [4.78, 5) is 25.4. The lowest BCUT2D eigenvalue weighted by molar-refractivity contribution is -0.131. The Morgan fingerprint density at radius 1 is 1.07 bits per heavy atom. The van der Waals surface area contributed by atoms with E-state index in [1.54, 1.807) is 32.4 Å². The Kier molecular flexibility index (Phi) is 5.12. The second kappa shape index (κ2) is 7.49. The molecule has 1 aliphatic rings. The summed E-state index contributed by atoms with van der Waals surface area (Å²) < 4.78 is 10.4. The van der Waals surface area contributed by atoms with Crippen LogP contribution in [0.1, 0.15) is 24.5 Å². The zero-order valence-corrected chi connectivity index (χ0v) is 15.4. The first-order valence-electron chi connectivity index (χ1n) is 8.53. The Morgan fingerprint density at radius 2 is 1.70 bits per heavy atom. The van der Waals surface area contributed by atoms with Crippen LogP contribution in [0.15, 0.2) is 53.6 Å². The first-order chi connectivity index (χ1) is 13.0. The Labute approximate surface area is 157 Å². The van der Waals surface area contributed by atoms with E-state index in [2.05, 4.69) is 10.4 Å². The van der Waals surface area contributed by atoms with Crippen LogP contribution in [-0.2, 0) is 10.3 Å². The second-order valence-corrected chi connectivity index (χ2v) is 6.06. The predicted octanol–water partition coefficient (Wildman–Crippen LogP) is 2.90. The molecule has 3 amide bonds. The third-order valence-electron chi connectivity index (χ3n) is 4.56. The van der Waals surface area contributed by atoms with E-state index in [-0.39, 0.29) is 0 Å². The lowest BCUT2D eigenvalue weighted by Crippen LogP contribution is -2.43. The molecule has 2 aromatic carbocycles. The minimum Gasteiger partial charge on any atom is -0.497 e. The number of rotatable bonds is 6. The van der Waals surface area contributed by atoms with E-state index < -0.39 is 17.5 Å². The fourth-order valence-electron chi connectivity index (χ4n) is 3.06. The Balaban J connectivity index is 1.91. The van der Waals surface area contributed by atoms with Crippen LogP contribution in [0.3, 0.4) is 0 Å². The topological polar surface area (TPSA) is 80.2 Å². The Hall–Kier alpha value is -3.35. The maximum atomic E-state index is 13.0. The van der Waals surface area contributed by atoms with E-state index in [9.17, 15) is 9.59 Å². The average molecular weight is 367 g/mol. The van der Waals surface area contributed by atoms with E-state index in [1.807, 2.05) is 37.3 Å². The van der Waals surface area contributed by atoms with Crippen LogP contribution >= 0.6 is 0 Å². The molecule has 1 heterocycles. The van der Waals surface area contributed by atoms with E-state index in [0.29, 0.717) is 23.5 Å². The molecule has 1 aliphatic heterocycles. The van der Waals surface area contributed by atoms with Gasteiger partial charge < -0.3 is 14.8 Å². The van der Waals surface area contributed by atoms with Gasteiger partial charge in [0, 0.05) is 11.6 Å². The molecule has 0 aromatic heterocycles. The van der Waals surface area contributed by atoms with Crippen molar-refractivity contribution in [3.63, 3.8) is 0 Å². The summed E-state index contributed by atoms with van der Waals surface area (Å²) in [6.45, 7) is 1.85. The zero-order valence-electron chi connectivity index (χ0n) is 15.4. The van der Waals surface area contributed by atoms with E-state index >= 15 is 0 Å². The molecule has 0 bridgehead atoms. The summed E-state index contributed by atoms with van der Waals surface area (Å²) in [5.74, 6) is 0.757. The van der Waals surface area contributed by atoms with E-state index in [4.69, 9.17) is 9.47 Å². The van der Waals surface area contributed by atoms with Crippen LogP contribution in [0.25, 0.3) is 0 Å². The summed E-state index contributed by atoms with van der Waals surface area (Å²) in [5, 5.41) is 7.76. The highest BCUT2D eigenvalue weighted by atomic mass is 16.5. The number of carbonyl (C=O) groups excluding carboxylic acids is 2. The molecular formula is C20H21N3O4. The molecule has 1 atom stereocenters. The monoisotopic (exact) mass is 367 g/mol. The fourth-order valence-corrected chi connectivity index (χ4v) is 3.06. The highest BCUT2D eigenvalue weighted by Crippen LogP contribution is 2.32. The molecular weight excluding hydrogens is 346 g/mol. The normalized spacial score (nSPS) is 19.4. The van der Waals surface area contributed by atoms with Crippen molar-refractivity contribution < 1.29 is 19.1 Å². The standard InChI is InChI=1S/C20H21N3O4/c1-4-20(15-8-6-5-7-9-15)18(24)23(19(25)22-20)21-13-14-10-16(26-2)12-17(11-14)27-3/h5-13H,4H2,1-3H3,(H,22,25)/b21-13-/t20-/m0/s1. The summed E-state index contributed by atoms with van der Waals surface area (Å²) in [6.07, 6.45) is 1.85. The lowest BCUT2D eigenvalue weighted by Gasteiger charge is -2.24. The number of carbonyl (C=O) groups is 2. The molecule has 7 heteroatoms. The highest BCUT2D eigenvalue weighted by Gasteiger charge is 2.51. The third kappa shape index (κ3) is 3.36. The van der Waals surface area contributed by atoms with Crippen molar-refractivity contribution in [1.82, 2.24) is 10.3 Å². The SMILES string of the molecule is CC[C@@]1(c2ccccc2)NC(=O)N(/N=C\c2cc(OC)cc(OC)c2)C1=O. The minimum absolute atomic E-state index is 0.410. The number of hydrazone groups is 1. The van der Waals surface area contributed by atoms with Gasteiger partial charge in [-0.15, -0.1) is 5.01 Å². The lowest BCUT2D eigenvalue weighted by atomic mass is 9.87. The molecule has 0 unspecified atom stereocenters. The van der Waals surface area contributed by atoms with Gasteiger partial charge in [-0.25, -0.2) is 4.79 Å². The number of imide groups is 1. The number of benzene rings is 2. The van der Waals surface area contributed by atoms with Gasteiger partial charge in [0.25, 0.3) is 5.91 Å². The van der Waals surface area contributed by atoms with Crippen LogP contribution in [0.5, 0.6) is 11.5 Å². The number of amides is 3. The number of ether oxygens (including phenoxy) is 2. The zero-order chi connectivity index (χ0) is 19.4. The molecule has 0 radical (unpaired) electrons. The molecule has 1 fully saturated rings. The highest BCUT2D eigenvalue weighted by molar-refractivity contribution is 6.07. The van der Waals surface area contributed by atoms with Crippen LogP contribution in [0.4, 0.5) is 4.79 Å². The van der Waals surface area contributed by atoms with Crippen molar-refractivity contribution in [3.8, 4) is 11.5 Å². The van der Waals surface area contributed by atoms with Gasteiger partial charge in [0.15, 0.2) is 0 Å². The van der Waals surface area contributed by atoms with Gasteiger partial charge in [-0.1, -0.05) is 37.3 Å². The number of nitrogens with one attached hydrogen (secondary N) is 1. The van der Waals surface area contributed by atoms with Crippen molar-refractivity contribution in [2.24, 2.45) is 5.10 Å². The van der Waals surface area contributed by atoms with Gasteiger partial charge in [-0.2, -0.15) is 5.10 Å². The minimum atomic E-state index is -1.11. The number of nitrogens with zero attached hydrogens (tertiary/aromatic N) is 2. The maximum absolute atomic E-state index is 13.0. The average Bonchev–Trinajstić information content (AvgIpc) is 2.97. The largest absolute Gasteiger partial charge is 0.497 e. The second-order valence-electron chi connectivity index (χ2n) is 6.06. The molecule has 7 nitrogen and oxygen atoms in total. The van der Waals surface area contributed by atoms with Gasteiger partial charge in [-0.3, -0.25) is 4.79 Å². The van der Waals surface area contributed by atoms with Crippen molar-refractivity contribution >= 4 is 18.2 Å². The molecule has 0 spiro atoms. The summed E-state index contributed by atoms with van der Waals surface area (Å²) in [5.41, 5.74) is 0.258. The molecule has 1 N–H and O–H groups in total. The molecule has 1 saturated heterocycles. The molecule has 3 rings (SSSR count). The number of urea groups is 1. The van der Waals surface area contributed by atoms with Crippen LogP contribution in [0, 0.1) is 0 Å². The Bertz CT molecular complexity index is 860. The first kappa shape index (κ1) is 18.4. The summed E-state index contributed by atoms with van der Waals surface area (Å²) in [6, 6.07) is 13.8. The van der Waals surface area contributed by atoms with Gasteiger partial charge in [0.2, 0.25) is 0 Å². The van der Waals surface area contributed by atoms with Crippen molar-refractivity contribution in [2.45, 2.75) is 18.9 Å². The van der Waals surface area contributed by atoms with Gasteiger partial charge >= 0.3 is 6.03 Å². The maximum Gasteiger partial charge on any atom is 0.346 e. The van der Waals surface area contributed by atoms with Crippen molar-refractivity contribution in [2.75, 3.05) is 14.2 Å². The van der Waals surface area contributed by atoms with E-state index in [1.165, 1.54) is 6.21 Å². The molecule has 27 heavy (non-hydrogen) atoms. The molecule has 0 aliphatic carbocycles. The number of methoxy groups -OCH3 is 2. The molecule has 2 aromatic rings. The summed E-state index contributed by atoms with van der Waals surface area (Å²) in [7, 11) is 3.09. The van der Waals surface area contributed by atoms with Crippen LogP contribution < -0.4 is 14.8 Å². The van der Waals surface area contributed by atoms with Gasteiger partial charge in [0.05, 0.1) is 20.4 Å². The smallest absolute Gasteiger partial charge is 0.346 e. The summed E-state index contributed by atoms with van der Waals surface area (Å²) >= 11 is 0. The quantitative estimate of drug-likeness (QED) is 0.629. The molecule has 140 valence electrons. The molecule has 0 saturated carbocycles. The number of hydrogen-bond donors (Lipinski definition) is 1. The first-order valence-corrected chi connectivity index (χ1v) is 8.53. The Morgan fingerprint density at radius 3 is 2.26 bits per heavy atom. The van der Waals surface area contributed by atoms with Gasteiger partial charge in [-0.05, 0) is 24.1 Å². The fraction of sp³-hybridized carbons (Fsp3) is 0.250. The van der Waals surface area contributed by atoms with Crippen molar-refractivity contribution in [3.05, 3.63) is 59.7 Å². The van der Waals surface area contributed by atoms with Gasteiger partial charge in [0.1, 0.15) is 17.0 Å². The van der Waals surface area contributed by atoms with Crippen molar-refractivity contribution in [1.29, 1.82) is 0 Å². The number of hydrogen-bond acceptors (Lipinski definition) is 5. The predicted molar refractivity (Wildman–Crippen MR) is 101 cm³/mol.